The van der Waals surface area contributed by atoms with Gasteiger partial charge in [-0.25, -0.2) is 0 Å². The van der Waals surface area contributed by atoms with E-state index in [2.05, 4.69) is 0 Å². The Labute approximate surface area is 284 Å². The van der Waals surface area contributed by atoms with Gasteiger partial charge in [0.2, 0.25) is 0 Å². The van der Waals surface area contributed by atoms with Gasteiger partial charge in [0.1, 0.15) is 11.2 Å². The van der Waals surface area contributed by atoms with Crippen molar-refractivity contribution in [1.82, 2.24) is 0 Å². The molecule has 0 aliphatic carbocycles. The van der Waals surface area contributed by atoms with E-state index in [-0.39, 0.29) is 16.4 Å². The molecule has 0 aliphatic heterocycles. The van der Waals surface area contributed by atoms with Gasteiger partial charge < -0.3 is 4.42 Å². The van der Waals surface area contributed by atoms with Crippen molar-refractivity contribution in [2.75, 3.05) is 0 Å². The minimum atomic E-state index is -1.03. The summed E-state index contributed by atoms with van der Waals surface area (Å²) in [5.41, 5.74) is -5.16. The summed E-state index contributed by atoms with van der Waals surface area (Å²) in [6.07, 6.45) is 0. The molecule has 0 aliphatic rings. The number of hydrogen-bond donors (Lipinski definition) is 0. The third-order valence-corrected chi connectivity index (χ3v) is 7.02. The molecule has 0 spiro atoms. The Bertz CT molecular complexity index is 3820. The fourth-order valence-corrected chi connectivity index (χ4v) is 5.21. The maximum atomic E-state index is 9.79. The van der Waals surface area contributed by atoms with Crippen molar-refractivity contribution in [2.24, 2.45) is 0 Å². The number of fused-ring (bicyclic) bond motifs is 6. The van der Waals surface area contributed by atoms with Crippen LogP contribution in [-0.2, 0) is 0 Å². The van der Waals surface area contributed by atoms with Crippen LogP contribution in [0, 0.1) is 0 Å². The molecule has 0 saturated carbocycles. The molecule has 0 unspecified atom stereocenters. The van der Waals surface area contributed by atoms with Gasteiger partial charge in [-0.3, -0.25) is 0 Å². The number of benzene rings is 8. The van der Waals surface area contributed by atoms with E-state index in [1.165, 1.54) is 0 Å². The van der Waals surface area contributed by atoms with Crippen LogP contribution in [0.4, 0.5) is 0 Å². The molecule has 0 radical (unpaired) electrons. The lowest BCUT2D eigenvalue weighted by Crippen LogP contribution is -1.92. The van der Waals surface area contributed by atoms with Gasteiger partial charge in [-0.15, -0.1) is 0 Å². The summed E-state index contributed by atoms with van der Waals surface area (Å²) in [6, 6.07) is -20.9. The number of furan rings is 1. The van der Waals surface area contributed by atoms with E-state index in [1.807, 2.05) is 0 Å². The van der Waals surface area contributed by atoms with Crippen molar-refractivity contribution in [3.05, 3.63) is 157 Å². The molecule has 1 aromatic heterocycles. The first-order chi connectivity index (χ1) is 31.7. The molecule has 1 heteroatoms. The lowest BCUT2D eigenvalue weighted by molar-refractivity contribution is 0.669. The number of para-hydroxylation sites is 1. The van der Waals surface area contributed by atoms with Gasteiger partial charge in [-0.1, -0.05) is 133 Å². The zero-order chi connectivity index (χ0) is 50.1. The van der Waals surface area contributed by atoms with E-state index in [9.17, 15) is 11.0 Å². The molecule has 9 rings (SSSR count). The molecule has 8 aromatic carbocycles. The maximum Gasteiger partial charge on any atom is 0.135 e. The Morgan fingerprint density at radius 2 is 0.953 bits per heavy atom. The van der Waals surface area contributed by atoms with Gasteiger partial charge in [0.15, 0.2) is 0 Å². The Balaban J connectivity index is 1.60. The maximum absolute atomic E-state index is 9.79. The topological polar surface area (TPSA) is 13.1 Å². The fourth-order valence-electron chi connectivity index (χ4n) is 5.21. The SMILES string of the molecule is [2H]c1cc2c(oc3c([2H])c([2H])c(-c4c([2H])c([2H])c([2H])c(-c5c6c([2H])c([2H])c([2H])c([2H])c6c(-c6c([2H])c([2H])c([2H])c7c([2H])c([2H])c([2H])c([2H])c67)c6c([2H])c([2H])c([2H])c([2H])c56)c4[2H])c([2H])c32)c([2H])c1[2H]. The first-order valence-electron chi connectivity index (χ1n) is 25.2. The Hall–Kier alpha value is -5.66. The van der Waals surface area contributed by atoms with Crippen molar-refractivity contribution < 1.29 is 38.7 Å². The molecule has 0 bridgehead atoms. The fraction of sp³-hybridized carbons (Fsp3) is 0. The van der Waals surface area contributed by atoms with Crippen LogP contribution in [0.3, 0.4) is 0 Å². The Morgan fingerprint density at radius 1 is 0.372 bits per heavy atom. The van der Waals surface area contributed by atoms with Gasteiger partial charge >= 0.3 is 0 Å². The minimum Gasteiger partial charge on any atom is -0.456 e. The van der Waals surface area contributed by atoms with Gasteiger partial charge in [0.25, 0.3) is 0 Å². The van der Waals surface area contributed by atoms with Crippen LogP contribution in [0.15, 0.2) is 162 Å². The van der Waals surface area contributed by atoms with E-state index in [4.69, 9.17) is 27.7 Å². The lowest BCUT2D eigenvalue weighted by Gasteiger charge is -2.19. The van der Waals surface area contributed by atoms with E-state index in [1.54, 1.807) is 0 Å². The van der Waals surface area contributed by atoms with Crippen molar-refractivity contribution in [3.63, 3.8) is 0 Å². The molecule has 0 saturated heterocycles. The molecule has 200 valence electrons. The molecular formula is C42H26O. The molecule has 1 heterocycles. The van der Waals surface area contributed by atoms with Crippen molar-refractivity contribution >= 4 is 54.3 Å². The Morgan fingerprint density at radius 3 is 1.74 bits per heavy atom. The van der Waals surface area contributed by atoms with Gasteiger partial charge in [-0.2, -0.15) is 0 Å². The summed E-state index contributed by atoms with van der Waals surface area (Å²) in [5, 5.41) is -4.51. The first-order valence-corrected chi connectivity index (χ1v) is 12.7. The highest BCUT2D eigenvalue weighted by Gasteiger charge is 2.18. The third-order valence-electron chi connectivity index (χ3n) is 7.02. The second-order valence-corrected chi connectivity index (χ2v) is 9.34. The van der Waals surface area contributed by atoms with Crippen LogP contribution in [-0.4, -0.2) is 0 Å². The molecular weight excluding hydrogens is 520 g/mol. The smallest absolute Gasteiger partial charge is 0.135 e. The number of rotatable bonds is 3. The largest absolute Gasteiger partial charge is 0.456 e. The molecule has 9 aromatic rings. The van der Waals surface area contributed by atoms with Crippen LogP contribution in [0.1, 0.15) is 34.3 Å². The molecule has 0 atom stereocenters. The van der Waals surface area contributed by atoms with E-state index in [0.717, 1.165) is 6.07 Å². The van der Waals surface area contributed by atoms with Crippen molar-refractivity contribution in [3.8, 4) is 33.4 Å². The molecule has 1 nitrogen and oxygen atoms in total. The van der Waals surface area contributed by atoms with Gasteiger partial charge in [0.05, 0.1) is 34.3 Å². The normalized spacial score (nSPS) is 19.9. The zero-order valence-electron chi connectivity index (χ0n) is 46.5. The van der Waals surface area contributed by atoms with Crippen LogP contribution in [0.2, 0.25) is 0 Å². The summed E-state index contributed by atoms with van der Waals surface area (Å²) in [5.74, 6) is 0. The molecule has 0 amide bonds. The van der Waals surface area contributed by atoms with Crippen molar-refractivity contribution in [2.45, 2.75) is 0 Å². The van der Waals surface area contributed by atoms with E-state index in [0.29, 0.717) is 0 Å². The van der Waals surface area contributed by atoms with Gasteiger partial charge in [0, 0.05) is 10.8 Å². The average molecular weight is 572 g/mol. The Kier molecular flexibility index (Phi) is 2.19. The summed E-state index contributed by atoms with van der Waals surface area (Å²) >= 11 is 0. The summed E-state index contributed by atoms with van der Waals surface area (Å²) < 4.78 is 229. The first kappa shape index (κ1) is 9.97. The number of hydrogen-bond acceptors (Lipinski definition) is 1. The highest BCUT2D eigenvalue weighted by atomic mass is 16.3. The second kappa shape index (κ2) is 9.44. The minimum absolute atomic E-state index is 0.118. The highest BCUT2D eigenvalue weighted by Crippen LogP contribution is 2.45. The molecule has 0 fully saturated rings. The lowest BCUT2D eigenvalue weighted by atomic mass is 9.84. The quantitative estimate of drug-likeness (QED) is 0.192. The van der Waals surface area contributed by atoms with Crippen LogP contribution in [0.5, 0.6) is 0 Å². The van der Waals surface area contributed by atoms with E-state index >= 15 is 0 Å². The third kappa shape index (κ3) is 3.72. The molecule has 0 N–H and O–H groups in total. The van der Waals surface area contributed by atoms with Gasteiger partial charge in [-0.05, 0) is 89.9 Å². The average Bonchev–Trinajstić information content (AvgIpc) is 3.69. The van der Waals surface area contributed by atoms with Crippen molar-refractivity contribution in [1.29, 1.82) is 0 Å². The predicted molar refractivity (Wildman–Crippen MR) is 183 cm³/mol. The van der Waals surface area contributed by atoms with E-state index < -0.39 is 222 Å². The van der Waals surface area contributed by atoms with Crippen LogP contribution in [0.25, 0.3) is 87.6 Å². The second-order valence-electron chi connectivity index (χ2n) is 9.34. The predicted octanol–water partition coefficient (Wildman–Crippen LogP) is 12.0. The summed E-state index contributed by atoms with van der Waals surface area (Å²) in [6.45, 7) is 0. The highest BCUT2D eigenvalue weighted by molar-refractivity contribution is 6.23. The zero-order valence-corrected chi connectivity index (χ0v) is 21.5. The monoisotopic (exact) mass is 571 g/mol. The summed E-state index contributed by atoms with van der Waals surface area (Å²) in [7, 11) is 0. The molecule has 43 heavy (non-hydrogen) atoms. The van der Waals surface area contributed by atoms with Crippen LogP contribution >= 0.6 is 0 Å². The summed E-state index contributed by atoms with van der Waals surface area (Å²) in [4.78, 5) is 0. The van der Waals surface area contributed by atoms with Crippen LogP contribution < -0.4 is 0 Å². The standard InChI is InChI=1S/C42H26O/c1-2-15-31-27(11-1)12-10-21-33(31)42-36-19-5-3-17-34(36)41(35-18-4-6-20-37(35)42)30-14-9-13-28(25-30)29-23-24-40-38(26-29)32-16-7-8-22-39(32)43-40/h1-26H/i1D,2D,3D,4D,5D,6D,7D,8D,9D,10D,11D,12D,13D,14D,15D,17D,18D,19D,20D,21D,22D,23D,24D,25D,26D.